The van der Waals surface area contributed by atoms with Crippen LogP contribution in [0.2, 0.25) is 5.02 Å². The number of rotatable bonds is 3. The molecule has 0 spiro atoms. The first-order chi connectivity index (χ1) is 9.85. The fourth-order valence-electron chi connectivity index (χ4n) is 2.08. The van der Waals surface area contributed by atoms with Gasteiger partial charge in [-0.15, -0.1) is 0 Å². The summed E-state index contributed by atoms with van der Waals surface area (Å²) in [5, 5.41) is 13.6. The molecule has 2 aromatic carbocycles. The molecule has 2 aromatic rings. The fourth-order valence-corrected chi connectivity index (χ4v) is 2.58. The van der Waals surface area contributed by atoms with Crippen molar-refractivity contribution in [2.75, 3.05) is 5.32 Å². The van der Waals surface area contributed by atoms with E-state index in [1.807, 2.05) is 31.2 Å². The van der Waals surface area contributed by atoms with Gasteiger partial charge in [-0.25, -0.2) is 0 Å². The van der Waals surface area contributed by atoms with Gasteiger partial charge in [0.05, 0.1) is 11.1 Å². The molecule has 108 valence electrons. The first kappa shape index (κ1) is 15.9. The highest BCUT2D eigenvalue weighted by molar-refractivity contribution is 9.10. The van der Waals surface area contributed by atoms with Crippen LogP contribution in [0.25, 0.3) is 0 Å². The van der Waals surface area contributed by atoms with Crippen LogP contribution in [0.4, 0.5) is 5.69 Å². The van der Waals surface area contributed by atoms with Gasteiger partial charge in [0.2, 0.25) is 0 Å². The summed E-state index contributed by atoms with van der Waals surface area (Å²) in [6.45, 7) is 5.99. The third kappa shape index (κ3) is 3.40. The number of hydrogen-bond donors (Lipinski definition) is 1. The van der Waals surface area contributed by atoms with Crippen molar-refractivity contribution in [3.05, 3.63) is 62.6 Å². The predicted octanol–water partition coefficient (Wildman–Crippen LogP) is 5.57. The minimum Gasteiger partial charge on any atom is -0.364 e. The molecule has 0 amide bonds. The van der Waals surface area contributed by atoms with Gasteiger partial charge in [0.15, 0.2) is 0 Å². The molecule has 0 heterocycles. The average Bonchev–Trinajstić information content (AvgIpc) is 2.45. The van der Waals surface area contributed by atoms with E-state index < -0.39 is 5.54 Å². The summed E-state index contributed by atoms with van der Waals surface area (Å²) in [5.74, 6) is 0. The van der Waals surface area contributed by atoms with Gasteiger partial charge in [0.25, 0.3) is 0 Å². The number of nitrogens with one attached hydrogen (secondary N) is 1. The lowest BCUT2D eigenvalue weighted by Crippen LogP contribution is -2.30. The second-order valence-electron chi connectivity index (χ2n) is 5.29. The van der Waals surface area contributed by atoms with Gasteiger partial charge >= 0.3 is 0 Å². The molecular formula is C17H16BrClN2. The first-order valence-electron chi connectivity index (χ1n) is 6.58. The zero-order valence-electron chi connectivity index (χ0n) is 12.2. The van der Waals surface area contributed by atoms with E-state index in [0.717, 1.165) is 15.7 Å². The third-order valence-electron chi connectivity index (χ3n) is 3.62. The Morgan fingerprint density at radius 2 is 1.86 bits per heavy atom. The van der Waals surface area contributed by atoms with E-state index in [2.05, 4.69) is 47.2 Å². The zero-order valence-corrected chi connectivity index (χ0v) is 14.5. The number of nitriles is 1. The molecular weight excluding hydrogens is 348 g/mol. The Morgan fingerprint density at radius 3 is 2.43 bits per heavy atom. The summed E-state index contributed by atoms with van der Waals surface area (Å²) in [4.78, 5) is 0. The number of anilines is 1. The monoisotopic (exact) mass is 362 g/mol. The molecule has 0 aliphatic heterocycles. The molecule has 1 unspecified atom stereocenters. The smallest absolute Gasteiger partial charge is 0.148 e. The molecule has 1 N–H and O–H groups in total. The molecule has 2 nitrogen and oxygen atoms in total. The second kappa shape index (κ2) is 6.09. The van der Waals surface area contributed by atoms with Crippen molar-refractivity contribution in [3.63, 3.8) is 0 Å². The van der Waals surface area contributed by atoms with E-state index in [0.29, 0.717) is 5.02 Å². The minimum absolute atomic E-state index is 0.644. The summed E-state index contributed by atoms with van der Waals surface area (Å²) in [6, 6.07) is 14.0. The van der Waals surface area contributed by atoms with Gasteiger partial charge in [-0.3, -0.25) is 0 Å². The van der Waals surface area contributed by atoms with Crippen molar-refractivity contribution in [1.29, 1.82) is 5.26 Å². The molecule has 0 bridgehead atoms. The Morgan fingerprint density at radius 1 is 1.14 bits per heavy atom. The number of nitrogens with zero attached hydrogens (tertiary/aromatic N) is 1. The summed E-state index contributed by atoms with van der Waals surface area (Å²) in [7, 11) is 0. The van der Waals surface area contributed by atoms with Crippen molar-refractivity contribution in [3.8, 4) is 6.07 Å². The lowest BCUT2D eigenvalue weighted by Gasteiger charge is -2.26. The van der Waals surface area contributed by atoms with Crippen LogP contribution in [0.15, 0.2) is 40.9 Å². The topological polar surface area (TPSA) is 35.8 Å². The highest BCUT2D eigenvalue weighted by Gasteiger charge is 2.26. The van der Waals surface area contributed by atoms with Crippen LogP contribution in [-0.2, 0) is 5.54 Å². The number of hydrogen-bond acceptors (Lipinski definition) is 2. The van der Waals surface area contributed by atoms with Gasteiger partial charge in [-0.2, -0.15) is 5.26 Å². The fraction of sp³-hybridized carbons (Fsp3) is 0.235. The van der Waals surface area contributed by atoms with Crippen LogP contribution >= 0.6 is 27.5 Å². The highest BCUT2D eigenvalue weighted by atomic mass is 79.9. The first-order valence-corrected chi connectivity index (χ1v) is 7.75. The van der Waals surface area contributed by atoms with E-state index in [4.69, 9.17) is 11.6 Å². The Kier molecular flexibility index (Phi) is 4.61. The van der Waals surface area contributed by atoms with Crippen LogP contribution < -0.4 is 5.32 Å². The van der Waals surface area contributed by atoms with Crippen molar-refractivity contribution in [2.45, 2.75) is 26.3 Å². The number of halogens is 2. The molecule has 0 aliphatic rings. The zero-order chi connectivity index (χ0) is 15.6. The Hall–Kier alpha value is -1.50. The molecule has 2 rings (SSSR count). The summed E-state index contributed by atoms with van der Waals surface area (Å²) >= 11 is 9.40. The van der Waals surface area contributed by atoms with E-state index in [1.165, 1.54) is 11.1 Å². The van der Waals surface area contributed by atoms with Gasteiger partial charge in [-0.05, 0) is 71.6 Å². The second-order valence-corrected chi connectivity index (χ2v) is 6.55. The summed E-state index contributed by atoms with van der Waals surface area (Å²) < 4.78 is 0.801. The third-order valence-corrected chi connectivity index (χ3v) is 4.84. The van der Waals surface area contributed by atoms with Crippen molar-refractivity contribution in [1.82, 2.24) is 0 Å². The SMILES string of the molecule is Cc1ccc(C(C)(C#N)Nc2ccc(Cl)c(Br)c2)cc1C. The molecule has 0 aliphatic carbocycles. The summed E-state index contributed by atoms with van der Waals surface area (Å²) in [5.41, 5.74) is 3.38. The molecule has 0 saturated carbocycles. The van der Waals surface area contributed by atoms with E-state index >= 15 is 0 Å². The van der Waals surface area contributed by atoms with Crippen molar-refractivity contribution in [2.24, 2.45) is 0 Å². The van der Waals surface area contributed by atoms with Crippen LogP contribution in [0, 0.1) is 25.2 Å². The minimum atomic E-state index is -0.800. The van der Waals surface area contributed by atoms with Gasteiger partial charge in [0, 0.05) is 10.2 Å². The standard InChI is InChI=1S/C17H16BrClN2/c1-11-4-5-13(8-12(11)2)17(3,10-20)21-14-6-7-16(19)15(18)9-14/h4-9,21H,1-3H3. The molecule has 0 saturated heterocycles. The maximum absolute atomic E-state index is 9.63. The lowest BCUT2D eigenvalue weighted by molar-refractivity contribution is 0.705. The molecule has 0 radical (unpaired) electrons. The van der Waals surface area contributed by atoms with Crippen molar-refractivity contribution >= 4 is 33.2 Å². The molecule has 0 aromatic heterocycles. The quantitative estimate of drug-likeness (QED) is 0.773. The number of benzene rings is 2. The molecule has 1 atom stereocenters. The normalized spacial score (nSPS) is 13.3. The maximum atomic E-state index is 9.63. The average molecular weight is 364 g/mol. The van der Waals surface area contributed by atoms with Crippen LogP contribution in [0.3, 0.4) is 0 Å². The van der Waals surface area contributed by atoms with E-state index in [1.54, 1.807) is 6.07 Å². The largest absolute Gasteiger partial charge is 0.364 e. The van der Waals surface area contributed by atoms with Crippen LogP contribution in [-0.4, -0.2) is 0 Å². The Balaban J connectivity index is 2.39. The Bertz CT molecular complexity index is 721. The lowest BCUT2D eigenvalue weighted by atomic mass is 9.90. The van der Waals surface area contributed by atoms with Crippen molar-refractivity contribution < 1.29 is 0 Å². The predicted molar refractivity (Wildman–Crippen MR) is 91.7 cm³/mol. The molecule has 0 fully saturated rings. The number of aryl methyl sites for hydroxylation is 2. The van der Waals surface area contributed by atoms with Crippen LogP contribution in [0.1, 0.15) is 23.6 Å². The highest BCUT2D eigenvalue weighted by Crippen LogP contribution is 2.31. The Labute approximate surface area is 138 Å². The molecule has 4 heteroatoms. The van der Waals surface area contributed by atoms with Gasteiger partial charge < -0.3 is 5.32 Å². The van der Waals surface area contributed by atoms with Gasteiger partial charge in [-0.1, -0.05) is 29.8 Å². The van der Waals surface area contributed by atoms with E-state index in [9.17, 15) is 5.26 Å². The van der Waals surface area contributed by atoms with Gasteiger partial charge in [0.1, 0.15) is 5.54 Å². The van der Waals surface area contributed by atoms with Crippen LogP contribution in [0.5, 0.6) is 0 Å². The molecule has 21 heavy (non-hydrogen) atoms. The van der Waals surface area contributed by atoms with E-state index in [-0.39, 0.29) is 0 Å². The maximum Gasteiger partial charge on any atom is 0.148 e. The summed E-state index contributed by atoms with van der Waals surface area (Å²) in [6.07, 6.45) is 0.